The number of hydrogen-bond acceptors (Lipinski definition) is 6. The normalized spacial score (nSPS) is 13.6. The number of hydrogen-bond donors (Lipinski definition) is 3. The largest absolute Gasteiger partial charge is 0.486 e. The van der Waals surface area contributed by atoms with Gasteiger partial charge in [-0.3, -0.25) is 4.79 Å². The second-order valence-corrected chi connectivity index (χ2v) is 6.94. The van der Waals surface area contributed by atoms with E-state index in [2.05, 4.69) is 11.4 Å². The molecule has 0 spiro atoms. The lowest BCUT2D eigenvalue weighted by Gasteiger charge is -2.19. The lowest BCUT2D eigenvalue weighted by molar-refractivity contribution is -0.159. The number of anilines is 1. The fraction of sp³-hybridized carbons (Fsp3) is 0.318. The van der Waals surface area contributed by atoms with Crippen LogP contribution in [0.3, 0.4) is 0 Å². The Labute approximate surface area is 179 Å². The molecule has 0 radical (unpaired) electrons. The fourth-order valence-corrected chi connectivity index (χ4v) is 3.36. The van der Waals surface area contributed by atoms with Crippen LogP contribution in [0.5, 0.6) is 11.5 Å². The molecular weight excluding hydrogens is 404 g/mol. The van der Waals surface area contributed by atoms with Gasteiger partial charge in [-0.1, -0.05) is 24.3 Å². The Hall–Kier alpha value is -3.59. The summed E-state index contributed by atoms with van der Waals surface area (Å²) < 4.78 is 11.1. The van der Waals surface area contributed by atoms with Crippen molar-refractivity contribution in [2.45, 2.75) is 12.8 Å². The number of amides is 1. The van der Waals surface area contributed by atoms with Crippen molar-refractivity contribution in [2.24, 2.45) is 0 Å². The van der Waals surface area contributed by atoms with Crippen LogP contribution in [0.15, 0.2) is 42.5 Å². The van der Waals surface area contributed by atoms with E-state index in [1.165, 1.54) is 11.1 Å². The van der Waals surface area contributed by atoms with Gasteiger partial charge in [-0.2, -0.15) is 0 Å². The first-order chi connectivity index (χ1) is 15.0. The van der Waals surface area contributed by atoms with E-state index in [1.807, 2.05) is 41.3 Å². The smallest absolute Gasteiger partial charge is 0.414 e. The number of carboxylic acids is 2. The number of fused-ring (bicyclic) bond motifs is 2. The third kappa shape index (κ3) is 5.95. The molecule has 0 bridgehead atoms. The van der Waals surface area contributed by atoms with Crippen LogP contribution in [0.25, 0.3) is 0 Å². The summed E-state index contributed by atoms with van der Waals surface area (Å²) in [5, 5.41) is 18.0. The van der Waals surface area contributed by atoms with Gasteiger partial charge in [0.1, 0.15) is 13.2 Å². The maximum Gasteiger partial charge on any atom is 0.414 e. The van der Waals surface area contributed by atoms with Gasteiger partial charge in [0.25, 0.3) is 0 Å². The van der Waals surface area contributed by atoms with E-state index in [-0.39, 0.29) is 5.91 Å². The van der Waals surface area contributed by atoms with Gasteiger partial charge in [0, 0.05) is 12.2 Å². The predicted octanol–water partition coefficient (Wildman–Crippen LogP) is 1.33. The first-order valence-corrected chi connectivity index (χ1v) is 9.89. The first-order valence-electron chi connectivity index (χ1n) is 9.89. The minimum atomic E-state index is -1.82. The molecule has 0 atom stereocenters. The Morgan fingerprint density at radius 1 is 0.968 bits per heavy atom. The Balaban J connectivity index is 0.000000401. The van der Waals surface area contributed by atoms with E-state index in [4.69, 9.17) is 29.3 Å². The highest BCUT2D eigenvalue weighted by atomic mass is 16.6. The first kappa shape index (κ1) is 22.1. The molecule has 3 N–H and O–H groups in total. The second-order valence-electron chi connectivity index (χ2n) is 6.94. The molecule has 2 aliphatic heterocycles. The Morgan fingerprint density at radius 2 is 1.68 bits per heavy atom. The SMILES string of the molecule is O=C(CNCCc1ccc2c(c1)OCCO2)N1CCc2ccccc21.O=C(O)C(=O)O. The van der Waals surface area contributed by atoms with Crippen LogP contribution in [-0.2, 0) is 27.2 Å². The number of carbonyl (C=O) groups is 3. The van der Waals surface area contributed by atoms with Gasteiger partial charge in [0.05, 0.1) is 6.54 Å². The molecule has 0 aromatic heterocycles. The molecule has 2 heterocycles. The molecule has 0 unspecified atom stereocenters. The number of para-hydroxylation sites is 1. The van der Waals surface area contributed by atoms with Crippen molar-refractivity contribution < 1.29 is 34.1 Å². The summed E-state index contributed by atoms with van der Waals surface area (Å²) in [6.07, 6.45) is 1.79. The Morgan fingerprint density at radius 3 is 2.42 bits per heavy atom. The fourth-order valence-electron chi connectivity index (χ4n) is 3.36. The van der Waals surface area contributed by atoms with Crippen molar-refractivity contribution in [2.75, 3.05) is 37.7 Å². The molecule has 31 heavy (non-hydrogen) atoms. The number of ether oxygens (including phenoxy) is 2. The lowest BCUT2D eigenvalue weighted by atomic mass is 10.1. The number of carboxylic acid groups (broad SMARTS) is 2. The Bertz CT molecular complexity index is 949. The van der Waals surface area contributed by atoms with Gasteiger partial charge in [-0.05, 0) is 48.7 Å². The minimum Gasteiger partial charge on any atom is -0.486 e. The average Bonchev–Trinajstić information content (AvgIpc) is 3.21. The summed E-state index contributed by atoms with van der Waals surface area (Å²) >= 11 is 0. The van der Waals surface area contributed by atoms with Gasteiger partial charge in [-0.25, -0.2) is 9.59 Å². The molecule has 4 rings (SSSR count). The maximum atomic E-state index is 12.4. The van der Waals surface area contributed by atoms with Crippen LogP contribution in [0.4, 0.5) is 5.69 Å². The van der Waals surface area contributed by atoms with Gasteiger partial charge < -0.3 is 29.9 Å². The Kier molecular flexibility index (Phi) is 7.45. The average molecular weight is 428 g/mol. The van der Waals surface area contributed by atoms with Crippen LogP contribution in [0, 0.1) is 0 Å². The molecule has 9 nitrogen and oxygen atoms in total. The van der Waals surface area contributed by atoms with E-state index in [0.29, 0.717) is 19.8 Å². The summed E-state index contributed by atoms with van der Waals surface area (Å²) in [6.45, 7) is 3.10. The summed E-state index contributed by atoms with van der Waals surface area (Å²) in [7, 11) is 0. The molecule has 2 aromatic rings. The lowest BCUT2D eigenvalue weighted by Crippen LogP contribution is -2.37. The maximum absolute atomic E-state index is 12.4. The van der Waals surface area contributed by atoms with Gasteiger partial charge >= 0.3 is 11.9 Å². The van der Waals surface area contributed by atoms with Crippen molar-refractivity contribution in [3.8, 4) is 11.5 Å². The molecule has 2 aliphatic rings. The highest BCUT2D eigenvalue weighted by Gasteiger charge is 2.23. The van der Waals surface area contributed by atoms with E-state index in [9.17, 15) is 4.79 Å². The zero-order chi connectivity index (χ0) is 22.2. The standard InChI is InChI=1S/C20H22N2O3.C2H2O4/c23-20(22-10-8-16-3-1-2-4-17(16)22)14-21-9-7-15-5-6-18-19(13-15)25-12-11-24-18;3-1(4)2(5)6/h1-6,13,21H,7-12,14H2;(H,3,4)(H,5,6). The summed E-state index contributed by atoms with van der Waals surface area (Å²) in [6, 6.07) is 14.2. The molecule has 0 saturated heterocycles. The molecule has 9 heteroatoms. The summed E-state index contributed by atoms with van der Waals surface area (Å²) in [5.41, 5.74) is 3.49. The van der Waals surface area contributed by atoms with Crippen molar-refractivity contribution in [3.63, 3.8) is 0 Å². The highest BCUT2D eigenvalue weighted by molar-refractivity contribution is 6.27. The molecule has 0 saturated carbocycles. The third-order valence-corrected chi connectivity index (χ3v) is 4.84. The summed E-state index contributed by atoms with van der Waals surface area (Å²) in [4.78, 5) is 32.5. The number of benzene rings is 2. The van der Waals surface area contributed by atoms with E-state index < -0.39 is 11.9 Å². The van der Waals surface area contributed by atoms with Gasteiger partial charge in [0.2, 0.25) is 5.91 Å². The van der Waals surface area contributed by atoms with Crippen molar-refractivity contribution in [1.82, 2.24) is 5.32 Å². The number of rotatable bonds is 5. The highest BCUT2D eigenvalue weighted by Crippen LogP contribution is 2.31. The third-order valence-electron chi connectivity index (χ3n) is 4.84. The van der Waals surface area contributed by atoms with Crippen molar-refractivity contribution in [3.05, 3.63) is 53.6 Å². The number of aliphatic carboxylic acids is 2. The molecular formula is C22H24N2O7. The predicted molar refractivity (Wildman–Crippen MR) is 112 cm³/mol. The molecule has 0 fully saturated rings. The molecule has 2 aromatic carbocycles. The molecule has 164 valence electrons. The van der Waals surface area contributed by atoms with E-state index in [0.717, 1.165) is 43.1 Å². The van der Waals surface area contributed by atoms with E-state index in [1.54, 1.807) is 0 Å². The number of nitrogens with one attached hydrogen (secondary N) is 1. The van der Waals surface area contributed by atoms with Crippen LogP contribution in [0.1, 0.15) is 11.1 Å². The number of carbonyl (C=O) groups excluding carboxylic acids is 1. The van der Waals surface area contributed by atoms with Gasteiger partial charge in [-0.15, -0.1) is 0 Å². The van der Waals surface area contributed by atoms with Crippen LogP contribution >= 0.6 is 0 Å². The monoisotopic (exact) mass is 428 g/mol. The zero-order valence-electron chi connectivity index (χ0n) is 16.9. The van der Waals surface area contributed by atoms with Gasteiger partial charge in [0.15, 0.2) is 11.5 Å². The molecule has 1 amide bonds. The minimum absolute atomic E-state index is 0.132. The van der Waals surface area contributed by atoms with Crippen LogP contribution < -0.4 is 19.7 Å². The quantitative estimate of drug-likeness (QED) is 0.481. The van der Waals surface area contributed by atoms with Crippen LogP contribution in [0.2, 0.25) is 0 Å². The topological polar surface area (TPSA) is 125 Å². The molecule has 0 aliphatic carbocycles. The van der Waals surface area contributed by atoms with E-state index >= 15 is 0 Å². The zero-order valence-corrected chi connectivity index (χ0v) is 16.9. The van der Waals surface area contributed by atoms with Crippen molar-refractivity contribution >= 4 is 23.5 Å². The van der Waals surface area contributed by atoms with Crippen LogP contribution in [-0.4, -0.2) is 60.9 Å². The summed E-state index contributed by atoms with van der Waals surface area (Å²) in [5.74, 6) is -1.89. The number of nitrogens with zero attached hydrogens (tertiary/aromatic N) is 1. The second kappa shape index (κ2) is 10.4. The van der Waals surface area contributed by atoms with Crippen molar-refractivity contribution in [1.29, 1.82) is 0 Å².